The van der Waals surface area contributed by atoms with E-state index in [2.05, 4.69) is 26.6 Å². The Hall–Kier alpha value is -3.15. The Kier molecular flexibility index (Phi) is 5.14. The molecule has 6 nitrogen and oxygen atoms in total. The maximum Gasteiger partial charge on any atom is 0.251 e. The van der Waals surface area contributed by atoms with Gasteiger partial charge in [0.25, 0.3) is 5.91 Å². The Morgan fingerprint density at radius 1 is 0.926 bits per heavy atom. The highest BCUT2D eigenvalue weighted by Gasteiger charge is 2.17. The predicted octanol–water partition coefficient (Wildman–Crippen LogP) is 3.07. The SMILES string of the molecule is O=C(NCCNc1nc(N2CCCC2)c2ccccc2n1)c1ccccc1. The van der Waals surface area contributed by atoms with Crippen molar-refractivity contribution in [1.82, 2.24) is 15.3 Å². The monoisotopic (exact) mass is 361 g/mol. The molecule has 1 aromatic heterocycles. The molecule has 0 unspecified atom stereocenters. The van der Waals surface area contributed by atoms with Gasteiger partial charge in [-0.2, -0.15) is 4.98 Å². The lowest BCUT2D eigenvalue weighted by Crippen LogP contribution is -2.29. The fraction of sp³-hybridized carbons (Fsp3) is 0.286. The standard InChI is InChI=1S/C21H23N5O/c27-20(16-8-2-1-3-9-16)22-12-13-23-21-24-18-11-5-4-10-17(18)19(25-21)26-14-6-7-15-26/h1-5,8-11H,6-7,12-15H2,(H,22,27)(H,23,24,25). The van der Waals surface area contributed by atoms with E-state index in [0.717, 1.165) is 29.8 Å². The summed E-state index contributed by atoms with van der Waals surface area (Å²) < 4.78 is 0. The normalized spacial score (nSPS) is 13.7. The molecule has 138 valence electrons. The number of nitrogens with one attached hydrogen (secondary N) is 2. The van der Waals surface area contributed by atoms with Crippen molar-refractivity contribution in [3.63, 3.8) is 0 Å². The lowest BCUT2D eigenvalue weighted by Gasteiger charge is -2.19. The number of carbonyl (C=O) groups excluding carboxylic acids is 1. The number of amides is 1. The summed E-state index contributed by atoms with van der Waals surface area (Å²) in [6, 6.07) is 17.3. The maximum absolute atomic E-state index is 12.1. The number of aromatic nitrogens is 2. The van der Waals surface area contributed by atoms with Gasteiger partial charge in [0.1, 0.15) is 5.82 Å². The number of anilines is 2. The van der Waals surface area contributed by atoms with E-state index in [0.29, 0.717) is 24.6 Å². The molecule has 0 bridgehead atoms. The molecule has 1 aliphatic rings. The lowest BCUT2D eigenvalue weighted by atomic mass is 10.2. The summed E-state index contributed by atoms with van der Waals surface area (Å²) in [6.07, 6.45) is 2.40. The van der Waals surface area contributed by atoms with Crippen LogP contribution in [0.3, 0.4) is 0 Å². The smallest absolute Gasteiger partial charge is 0.251 e. The molecule has 2 heterocycles. The second-order valence-electron chi connectivity index (χ2n) is 6.63. The first-order valence-corrected chi connectivity index (χ1v) is 9.40. The number of nitrogens with zero attached hydrogens (tertiary/aromatic N) is 3. The molecule has 27 heavy (non-hydrogen) atoms. The van der Waals surface area contributed by atoms with Crippen molar-refractivity contribution in [2.24, 2.45) is 0 Å². The van der Waals surface area contributed by atoms with Gasteiger partial charge in [-0.15, -0.1) is 0 Å². The van der Waals surface area contributed by atoms with Gasteiger partial charge in [-0.25, -0.2) is 4.98 Å². The predicted molar refractivity (Wildman–Crippen MR) is 108 cm³/mol. The van der Waals surface area contributed by atoms with Gasteiger partial charge in [-0.3, -0.25) is 4.79 Å². The maximum atomic E-state index is 12.1. The Balaban J connectivity index is 1.42. The molecule has 1 amide bonds. The van der Waals surface area contributed by atoms with Crippen molar-refractivity contribution in [3.05, 3.63) is 60.2 Å². The van der Waals surface area contributed by atoms with Crippen LogP contribution in [0.1, 0.15) is 23.2 Å². The van der Waals surface area contributed by atoms with Gasteiger partial charge in [0, 0.05) is 37.1 Å². The minimum absolute atomic E-state index is 0.0745. The number of carbonyl (C=O) groups is 1. The third kappa shape index (κ3) is 4.00. The van der Waals surface area contributed by atoms with Crippen LogP contribution in [0.25, 0.3) is 10.9 Å². The zero-order chi connectivity index (χ0) is 18.5. The zero-order valence-corrected chi connectivity index (χ0v) is 15.2. The van der Waals surface area contributed by atoms with E-state index in [4.69, 9.17) is 4.98 Å². The first kappa shape index (κ1) is 17.3. The Labute approximate surface area is 158 Å². The van der Waals surface area contributed by atoms with Gasteiger partial charge in [-0.05, 0) is 37.1 Å². The fourth-order valence-electron chi connectivity index (χ4n) is 3.35. The van der Waals surface area contributed by atoms with E-state index in [1.807, 2.05) is 36.4 Å². The van der Waals surface area contributed by atoms with Crippen molar-refractivity contribution in [2.75, 3.05) is 36.4 Å². The molecule has 6 heteroatoms. The van der Waals surface area contributed by atoms with Gasteiger partial charge in [0.05, 0.1) is 5.52 Å². The molecule has 4 rings (SSSR count). The number of benzene rings is 2. The van der Waals surface area contributed by atoms with Crippen LogP contribution >= 0.6 is 0 Å². The third-order valence-corrected chi connectivity index (χ3v) is 4.72. The lowest BCUT2D eigenvalue weighted by molar-refractivity contribution is 0.0955. The fourth-order valence-corrected chi connectivity index (χ4v) is 3.35. The number of hydrogen-bond acceptors (Lipinski definition) is 5. The van der Waals surface area contributed by atoms with Gasteiger partial charge in [-0.1, -0.05) is 30.3 Å². The first-order valence-electron chi connectivity index (χ1n) is 9.40. The summed E-state index contributed by atoms with van der Waals surface area (Å²) in [5, 5.41) is 7.24. The molecule has 3 aromatic rings. The molecular formula is C21H23N5O. The molecular weight excluding hydrogens is 338 g/mol. The molecule has 0 spiro atoms. The molecule has 0 saturated carbocycles. The molecule has 2 N–H and O–H groups in total. The molecule has 0 aliphatic carbocycles. The van der Waals surface area contributed by atoms with E-state index in [9.17, 15) is 4.79 Å². The Bertz CT molecular complexity index is 922. The van der Waals surface area contributed by atoms with Crippen molar-refractivity contribution in [3.8, 4) is 0 Å². The topological polar surface area (TPSA) is 70.2 Å². The largest absolute Gasteiger partial charge is 0.356 e. The van der Waals surface area contributed by atoms with Gasteiger partial charge in [0.2, 0.25) is 5.95 Å². The summed E-state index contributed by atoms with van der Waals surface area (Å²) in [5.41, 5.74) is 1.60. The average molecular weight is 361 g/mol. The van der Waals surface area contributed by atoms with Crippen LogP contribution in [0.5, 0.6) is 0 Å². The highest BCUT2D eigenvalue weighted by Crippen LogP contribution is 2.27. The molecule has 1 fully saturated rings. The third-order valence-electron chi connectivity index (χ3n) is 4.72. The summed E-state index contributed by atoms with van der Waals surface area (Å²) in [4.78, 5) is 23.8. The summed E-state index contributed by atoms with van der Waals surface area (Å²) in [6.45, 7) is 3.14. The first-order chi connectivity index (χ1) is 13.3. The Morgan fingerprint density at radius 3 is 2.48 bits per heavy atom. The van der Waals surface area contributed by atoms with Crippen molar-refractivity contribution in [2.45, 2.75) is 12.8 Å². The van der Waals surface area contributed by atoms with Crippen LogP contribution in [0.15, 0.2) is 54.6 Å². The molecule has 0 radical (unpaired) electrons. The summed E-state index contributed by atoms with van der Waals surface area (Å²) in [7, 11) is 0. The highest BCUT2D eigenvalue weighted by molar-refractivity contribution is 5.94. The van der Waals surface area contributed by atoms with E-state index >= 15 is 0 Å². The number of para-hydroxylation sites is 1. The number of rotatable bonds is 6. The molecule has 0 atom stereocenters. The van der Waals surface area contributed by atoms with Gasteiger partial charge >= 0.3 is 0 Å². The van der Waals surface area contributed by atoms with Crippen LogP contribution in [-0.2, 0) is 0 Å². The van der Waals surface area contributed by atoms with Crippen LogP contribution in [0.2, 0.25) is 0 Å². The Morgan fingerprint density at radius 2 is 1.67 bits per heavy atom. The molecule has 1 saturated heterocycles. The quantitative estimate of drug-likeness (QED) is 0.661. The molecule has 1 aliphatic heterocycles. The van der Waals surface area contributed by atoms with Gasteiger partial charge < -0.3 is 15.5 Å². The summed E-state index contributed by atoms with van der Waals surface area (Å²) >= 11 is 0. The van der Waals surface area contributed by atoms with Crippen molar-refractivity contribution in [1.29, 1.82) is 0 Å². The van der Waals surface area contributed by atoms with E-state index in [1.54, 1.807) is 12.1 Å². The van der Waals surface area contributed by atoms with Gasteiger partial charge in [0.15, 0.2) is 0 Å². The minimum Gasteiger partial charge on any atom is -0.356 e. The average Bonchev–Trinajstić information content (AvgIpc) is 3.26. The summed E-state index contributed by atoms with van der Waals surface area (Å²) in [5.74, 6) is 1.52. The highest BCUT2D eigenvalue weighted by atomic mass is 16.1. The number of fused-ring (bicyclic) bond motifs is 1. The number of hydrogen-bond donors (Lipinski definition) is 2. The second kappa shape index (κ2) is 8.03. The van der Waals surface area contributed by atoms with E-state index in [-0.39, 0.29) is 5.91 Å². The zero-order valence-electron chi connectivity index (χ0n) is 15.2. The van der Waals surface area contributed by atoms with Crippen LogP contribution in [0, 0.1) is 0 Å². The second-order valence-corrected chi connectivity index (χ2v) is 6.63. The minimum atomic E-state index is -0.0745. The van der Waals surface area contributed by atoms with E-state index < -0.39 is 0 Å². The molecule has 2 aromatic carbocycles. The van der Waals surface area contributed by atoms with Crippen molar-refractivity contribution >= 4 is 28.6 Å². The van der Waals surface area contributed by atoms with Crippen LogP contribution in [-0.4, -0.2) is 42.1 Å². The van der Waals surface area contributed by atoms with Crippen LogP contribution in [0.4, 0.5) is 11.8 Å². The van der Waals surface area contributed by atoms with Crippen molar-refractivity contribution < 1.29 is 4.79 Å². The van der Waals surface area contributed by atoms with Crippen LogP contribution < -0.4 is 15.5 Å². The van der Waals surface area contributed by atoms with E-state index in [1.165, 1.54) is 12.8 Å².